The first-order valence-corrected chi connectivity index (χ1v) is 9.46. The molecule has 0 saturated heterocycles. The molecule has 0 aromatic heterocycles. The van der Waals surface area contributed by atoms with Crippen LogP contribution in [-0.2, 0) is 23.9 Å². The Balaban J connectivity index is 2.85. The van der Waals surface area contributed by atoms with Crippen molar-refractivity contribution < 1.29 is 28.8 Å². The van der Waals surface area contributed by atoms with E-state index in [1.807, 2.05) is 0 Å². The van der Waals surface area contributed by atoms with Crippen LogP contribution in [0.4, 0.5) is 5.69 Å². The van der Waals surface area contributed by atoms with Crippen molar-refractivity contribution in [3.05, 3.63) is 62.5 Å². The Kier molecular flexibility index (Phi) is 7.10. The van der Waals surface area contributed by atoms with Crippen LogP contribution in [0.1, 0.15) is 46.1 Å². The minimum absolute atomic E-state index is 0.0567. The fourth-order valence-corrected chi connectivity index (χ4v) is 3.63. The van der Waals surface area contributed by atoms with Crippen LogP contribution in [-0.4, -0.2) is 40.9 Å². The summed E-state index contributed by atoms with van der Waals surface area (Å²) in [5.74, 6) is -2.82. The molecule has 1 aliphatic heterocycles. The highest BCUT2D eigenvalue weighted by molar-refractivity contribution is 6.01. The summed E-state index contributed by atoms with van der Waals surface area (Å²) in [4.78, 5) is 50.1. The Hall–Kier alpha value is -3.49. The van der Waals surface area contributed by atoms with E-state index in [0.717, 1.165) is 0 Å². The second-order valence-electron chi connectivity index (χ2n) is 6.58. The molecule has 0 N–H and O–H groups in total. The number of esters is 2. The number of benzene rings is 1. The number of amides is 1. The number of nitrogens with zero attached hydrogens (tertiary/aromatic N) is 2. The molecule has 1 amide bonds. The highest BCUT2D eigenvalue weighted by atomic mass is 16.6. The SMILES string of the molecule is CCOC(=O)C1=C(C)N(C(C)=O)C(C)=C(C(=O)OCC)C1c1cccc([N+](=O)[O-])c1. The van der Waals surface area contributed by atoms with Crippen molar-refractivity contribution in [3.63, 3.8) is 0 Å². The molecular formula is C21H24N2O7. The van der Waals surface area contributed by atoms with Crippen molar-refractivity contribution in [2.75, 3.05) is 13.2 Å². The Labute approximate surface area is 174 Å². The van der Waals surface area contributed by atoms with Crippen molar-refractivity contribution in [2.45, 2.75) is 40.5 Å². The summed E-state index contributed by atoms with van der Waals surface area (Å²) >= 11 is 0. The number of carbonyl (C=O) groups is 3. The second kappa shape index (κ2) is 9.34. The quantitative estimate of drug-likeness (QED) is 0.397. The standard InChI is InChI=1S/C21H24N2O7/c1-6-29-20(25)17-12(3)22(14(5)24)13(4)18(21(26)30-7-2)19(17)15-9-8-10-16(11-15)23(27)28/h8-11,19H,6-7H2,1-5H3. The zero-order chi connectivity index (χ0) is 22.6. The summed E-state index contributed by atoms with van der Waals surface area (Å²) in [5.41, 5.74) is 0.855. The predicted octanol–water partition coefficient (Wildman–Crippen LogP) is 3.21. The van der Waals surface area contributed by atoms with E-state index < -0.39 is 28.7 Å². The lowest BCUT2D eigenvalue weighted by molar-refractivity contribution is -0.384. The molecular weight excluding hydrogens is 392 g/mol. The minimum Gasteiger partial charge on any atom is -0.463 e. The highest BCUT2D eigenvalue weighted by Gasteiger charge is 2.41. The fourth-order valence-electron chi connectivity index (χ4n) is 3.63. The van der Waals surface area contributed by atoms with Gasteiger partial charge in [0.25, 0.3) is 5.69 Å². The van der Waals surface area contributed by atoms with Crippen molar-refractivity contribution in [1.29, 1.82) is 0 Å². The maximum Gasteiger partial charge on any atom is 0.336 e. The Morgan fingerprint density at radius 1 is 1.03 bits per heavy atom. The number of non-ortho nitro benzene ring substituents is 1. The molecule has 0 atom stereocenters. The number of allylic oxidation sites excluding steroid dienone is 2. The van der Waals surface area contributed by atoms with E-state index in [9.17, 15) is 24.5 Å². The van der Waals surface area contributed by atoms with Crippen LogP contribution in [0.25, 0.3) is 0 Å². The van der Waals surface area contributed by atoms with Crippen LogP contribution < -0.4 is 0 Å². The number of nitro groups is 1. The zero-order valence-corrected chi connectivity index (χ0v) is 17.6. The van der Waals surface area contributed by atoms with Crippen molar-refractivity contribution in [2.24, 2.45) is 0 Å². The lowest BCUT2D eigenvalue weighted by Gasteiger charge is -2.36. The van der Waals surface area contributed by atoms with Crippen LogP contribution in [0.3, 0.4) is 0 Å². The lowest BCUT2D eigenvalue weighted by atomic mass is 9.79. The minimum atomic E-state index is -0.987. The van der Waals surface area contributed by atoms with Crippen LogP contribution in [0.15, 0.2) is 46.8 Å². The highest BCUT2D eigenvalue weighted by Crippen LogP contribution is 2.43. The summed E-state index contributed by atoms with van der Waals surface area (Å²) in [6.07, 6.45) is 0. The molecule has 0 spiro atoms. The van der Waals surface area contributed by atoms with Gasteiger partial charge in [-0.25, -0.2) is 9.59 Å². The number of nitro benzene ring substituents is 1. The van der Waals surface area contributed by atoms with Gasteiger partial charge in [0.15, 0.2) is 0 Å². The molecule has 0 saturated carbocycles. The first-order valence-electron chi connectivity index (χ1n) is 9.46. The van der Waals surface area contributed by atoms with Gasteiger partial charge in [0.1, 0.15) is 0 Å². The first-order chi connectivity index (χ1) is 14.1. The molecule has 0 aliphatic carbocycles. The fraction of sp³-hybridized carbons (Fsp3) is 0.381. The molecule has 9 nitrogen and oxygen atoms in total. The zero-order valence-electron chi connectivity index (χ0n) is 17.6. The molecule has 1 aromatic carbocycles. The van der Waals surface area contributed by atoms with Crippen molar-refractivity contribution >= 4 is 23.5 Å². The molecule has 30 heavy (non-hydrogen) atoms. The van der Waals surface area contributed by atoms with Gasteiger partial charge in [-0.2, -0.15) is 0 Å². The monoisotopic (exact) mass is 416 g/mol. The maximum atomic E-state index is 12.9. The van der Waals surface area contributed by atoms with Crippen LogP contribution in [0.2, 0.25) is 0 Å². The summed E-state index contributed by atoms with van der Waals surface area (Å²) in [6, 6.07) is 5.67. The molecule has 160 valence electrons. The van der Waals surface area contributed by atoms with E-state index in [4.69, 9.17) is 9.47 Å². The van der Waals surface area contributed by atoms with E-state index in [1.165, 1.54) is 30.0 Å². The second-order valence-corrected chi connectivity index (χ2v) is 6.58. The number of ether oxygens (including phenoxy) is 2. The summed E-state index contributed by atoms with van der Waals surface area (Å²) in [7, 11) is 0. The number of hydrogen-bond donors (Lipinski definition) is 0. The molecule has 0 unspecified atom stereocenters. The van der Waals surface area contributed by atoms with Crippen LogP contribution >= 0.6 is 0 Å². The van der Waals surface area contributed by atoms with Gasteiger partial charge in [-0.3, -0.25) is 19.8 Å². The number of hydrogen-bond acceptors (Lipinski definition) is 7. The number of carbonyl (C=O) groups excluding carboxylic acids is 3. The number of rotatable bonds is 6. The largest absolute Gasteiger partial charge is 0.463 e. The van der Waals surface area contributed by atoms with Crippen molar-refractivity contribution in [3.8, 4) is 0 Å². The third-order valence-electron chi connectivity index (χ3n) is 4.75. The Bertz CT molecular complexity index is 920. The third kappa shape index (κ3) is 4.24. The first kappa shape index (κ1) is 22.8. The van der Waals surface area contributed by atoms with Gasteiger partial charge in [-0.1, -0.05) is 12.1 Å². The van der Waals surface area contributed by atoms with Crippen LogP contribution in [0, 0.1) is 10.1 Å². The lowest BCUT2D eigenvalue weighted by Crippen LogP contribution is -2.37. The summed E-state index contributed by atoms with van der Waals surface area (Å²) in [5, 5.41) is 11.3. The third-order valence-corrected chi connectivity index (χ3v) is 4.75. The van der Waals surface area contributed by atoms with E-state index >= 15 is 0 Å². The van der Waals surface area contributed by atoms with Gasteiger partial charge < -0.3 is 9.47 Å². The smallest absolute Gasteiger partial charge is 0.336 e. The maximum absolute atomic E-state index is 12.9. The molecule has 0 fully saturated rings. The van der Waals surface area contributed by atoms with E-state index in [2.05, 4.69) is 0 Å². The average Bonchev–Trinajstić information content (AvgIpc) is 2.67. The average molecular weight is 416 g/mol. The van der Waals surface area contributed by atoms with Gasteiger partial charge in [0.05, 0.1) is 35.2 Å². The molecule has 0 radical (unpaired) electrons. The van der Waals surface area contributed by atoms with E-state index in [1.54, 1.807) is 33.8 Å². The van der Waals surface area contributed by atoms with E-state index in [0.29, 0.717) is 17.0 Å². The van der Waals surface area contributed by atoms with Crippen molar-refractivity contribution in [1.82, 2.24) is 4.90 Å². The van der Waals surface area contributed by atoms with Gasteiger partial charge in [-0.05, 0) is 33.3 Å². The van der Waals surface area contributed by atoms with Gasteiger partial charge in [-0.15, -0.1) is 0 Å². The van der Waals surface area contributed by atoms with Gasteiger partial charge in [0, 0.05) is 30.5 Å². The van der Waals surface area contributed by atoms with Gasteiger partial charge >= 0.3 is 11.9 Å². The summed E-state index contributed by atoms with van der Waals surface area (Å²) in [6.45, 7) is 7.88. The molecule has 2 rings (SSSR count). The molecule has 9 heteroatoms. The topological polar surface area (TPSA) is 116 Å². The Morgan fingerprint density at radius 3 is 1.93 bits per heavy atom. The van der Waals surface area contributed by atoms with Gasteiger partial charge in [0.2, 0.25) is 5.91 Å². The molecule has 1 heterocycles. The molecule has 1 aromatic rings. The van der Waals surface area contributed by atoms with E-state index in [-0.39, 0.29) is 30.0 Å². The Morgan fingerprint density at radius 2 is 1.53 bits per heavy atom. The predicted molar refractivity (Wildman–Crippen MR) is 107 cm³/mol. The van der Waals surface area contributed by atoms with Crippen LogP contribution in [0.5, 0.6) is 0 Å². The molecule has 1 aliphatic rings. The molecule has 0 bridgehead atoms. The normalized spacial score (nSPS) is 14.6. The summed E-state index contributed by atoms with van der Waals surface area (Å²) < 4.78 is 10.4.